The average Bonchev–Trinajstić information content (AvgIpc) is 3.79. The number of hydrogen-bond acceptors (Lipinski definition) is 4. The Labute approximate surface area is 288 Å². The summed E-state index contributed by atoms with van der Waals surface area (Å²) >= 11 is 1.87. The summed E-state index contributed by atoms with van der Waals surface area (Å²) < 4.78 is 10.1. The Morgan fingerprint density at radius 1 is 0.796 bits per heavy atom. The summed E-state index contributed by atoms with van der Waals surface area (Å²) in [5.41, 5.74) is 10.8. The van der Waals surface area contributed by atoms with Gasteiger partial charge in [-0.25, -0.2) is 9.97 Å². The SMILES string of the molecule is C=Cc1nc(-c2cccc3c(C=C)c(C=C)oc23)nc(-c2ccc3c(c2)C(C)(C)c2cccc4c5c6ccccc6sc5n-3c24)c1/C=C\C. The van der Waals surface area contributed by atoms with Crippen molar-refractivity contribution < 1.29 is 4.42 Å². The molecule has 1 aliphatic heterocycles. The number of hydrogen-bond donors (Lipinski definition) is 0. The predicted molar refractivity (Wildman–Crippen MR) is 210 cm³/mol. The van der Waals surface area contributed by atoms with Gasteiger partial charge in [0.05, 0.1) is 28.2 Å². The lowest BCUT2D eigenvalue weighted by atomic mass is 9.74. The monoisotopic (exact) mass is 651 g/mol. The predicted octanol–water partition coefficient (Wildman–Crippen LogP) is 12.5. The van der Waals surface area contributed by atoms with Crippen molar-refractivity contribution in [2.24, 2.45) is 0 Å². The highest BCUT2D eigenvalue weighted by atomic mass is 32.1. The molecule has 0 saturated heterocycles. The quantitative estimate of drug-likeness (QED) is 0.180. The van der Waals surface area contributed by atoms with Crippen molar-refractivity contribution in [2.45, 2.75) is 26.2 Å². The minimum atomic E-state index is -0.253. The zero-order valence-electron chi connectivity index (χ0n) is 27.7. The van der Waals surface area contributed by atoms with Gasteiger partial charge in [0.2, 0.25) is 0 Å². The summed E-state index contributed by atoms with van der Waals surface area (Å²) in [6.45, 7) is 18.8. The van der Waals surface area contributed by atoms with E-state index in [1.807, 2.05) is 48.6 Å². The van der Waals surface area contributed by atoms with Crippen LogP contribution in [0.15, 0.2) is 109 Å². The van der Waals surface area contributed by atoms with Crippen LogP contribution >= 0.6 is 11.3 Å². The van der Waals surface area contributed by atoms with Crippen molar-refractivity contribution in [3.8, 4) is 28.3 Å². The molecule has 49 heavy (non-hydrogen) atoms. The summed E-state index contributed by atoms with van der Waals surface area (Å²) in [4.78, 5) is 11.6. The first-order chi connectivity index (χ1) is 23.9. The highest BCUT2D eigenvalue weighted by Crippen LogP contribution is 2.51. The molecular weight excluding hydrogens is 619 g/mol. The number of rotatable bonds is 6. The second-order valence-electron chi connectivity index (χ2n) is 13.0. The summed E-state index contributed by atoms with van der Waals surface area (Å²) in [5, 5.41) is 4.91. The Balaban J connectivity index is 1.32. The van der Waals surface area contributed by atoms with E-state index >= 15 is 0 Å². The van der Waals surface area contributed by atoms with Crippen molar-refractivity contribution in [1.29, 1.82) is 0 Å². The molecule has 0 unspecified atom stereocenters. The zero-order valence-corrected chi connectivity index (χ0v) is 28.5. The number of nitrogens with zero attached hydrogens (tertiary/aromatic N) is 3. The third-order valence-electron chi connectivity index (χ3n) is 10.1. The van der Waals surface area contributed by atoms with Gasteiger partial charge in [0.25, 0.3) is 0 Å². The molecular formula is C44H33N3OS. The Hall–Kier alpha value is -5.78. The van der Waals surface area contributed by atoms with Crippen LogP contribution in [0.2, 0.25) is 0 Å². The van der Waals surface area contributed by atoms with Crippen LogP contribution in [0.25, 0.3) is 94.8 Å². The molecule has 5 heteroatoms. The van der Waals surface area contributed by atoms with Crippen molar-refractivity contribution in [3.05, 3.63) is 138 Å². The van der Waals surface area contributed by atoms with Crippen molar-refractivity contribution in [1.82, 2.24) is 14.5 Å². The number of aromatic nitrogens is 3. The van der Waals surface area contributed by atoms with Crippen LogP contribution in [0.3, 0.4) is 0 Å². The van der Waals surface area contributed by atoms with Crippen LogP contribution in [-0.4, -0.2) is 14.5 Å². The fraction of sp³-hybridized carbons (Fsp3) is 0.0909. The minimum Gasteiger partial charge on any atom is -0.455 e. The van der Waals surface area contributed by atoms with E-state index in [9.17, 15) is 0 Å². The topological polar surface area (TPSA) is 43.9 Å². The molecule has 0 bridgehead atoms. The lowest BCUT2D eigenvalue weighted by Gasteiger charge is -2.35. The summed E-state index contributed by atoms with van der Waals surface area (Å²) in [6.07, 6.45) is 9.44. The van der Waals surface area contributed by atoms with Gasteiger partial charge in [0, 0.05) is 48.4 Å². The molecule has 0 aliphatic carbocycles. The van der Waals surface area contributed by atoms with Crippen LogP contribution < -0.4 is 0 Å². The van der Waals surface area contributed by atoms with Crippen molar-refractivity contribution >= 4 is 77.8 Å². The van der Waals surface area contributed by atoms with Gasteiger partial charge in [0.1, 0.15) is 16.2 Å². The van der Waals surface area contributed by atoms with Gasteiger partial charge in [0.15, 0.2) is 5.82 Å². The normalized spacial score (nSPS) is 13.5. The maximum atomic E-state index is 6.32. The molecule has 0 radical (unpaired) electrons. The number of fused-ring (bicyclic) bond motifs is 8. The van der Waals surface area contributed by atoms with E-state index in [1.54, 1.807) is 12.2 Å². The third-order valence-corrected chi connectivity index (χ3v) is 11.2. The number of allylic oxidation sites excluding steroid dienone is 1. The first kappa shape index (κ1) is 29.4. The Morgan fingerprint density at radius 3 is 2.39 bits per heavy atom. The van der Waals surface area contributed by atoms with Gasteiger partial charge < -0.3 is 8.98 Å². The van der Waals surface area contributed by atoms with Crippen LogP contribution in [0.4, 0.5) is 0 Å². The smallest absolute Gasteiger partial charge is 0.164 e. The van der Waals surface area contributed by atoms with Gasteiger partial charge in [-0.2, -0.15) is 0 Å². The standard InChI is InChI=1S/C44H33N3OS/c1-7-15-28-34(9-3)45-42(31-19-13-17-27-26(8-2)36(10-4)48-41(27)31)46-39(28)25-22-23-35-33(24-25)44(5,6)32-20-14-18-30-38-29-16-11-12-21-37(29)49-43(38)47(35)40(30)32/h7-24H,2-4H2,1,5-6H3/b15-7-. The minimum absolute atomic E-state index is 0.253. The van der Waals surface area contributed by atoms with Crippen LogP contribution in [0, 0.1) is 0 Å². The Morgan fingerprint density at radius 2 is 1.59 bits per heavy atom. The molecule has 1 aliphatic rings. The molecule has 4 aromatic carbocycles. The molecule has 8 aromatic rings. The fourth-order valence-corrected chi connectivity index (χ4v) is 9.04. The largest absolute Gasteiger partial charge is 0.455 e. The number of furan rings is 1. The van der Waals surface area contributed by atoms with Crippen molar-refractivity contribution in [2.75, 3.05) is 0 Å². The van der Waals surface area contributed by atoms with Gasteiger partial charge in [-0.05, 0) is 54.5 Å². The van der Waals surface area contributed by atoms with Crippen LogP contribution in [-0.2, 0) is 5.41 Å². The van der Waals surface area contributed by atoms with E-state index in [1.165, 1.54) is 48.0 Å². The van der Waals surface area contributed by atoms with E-state index < -0.39 is 0 Å². The van der Waals surface area contributed by atoms with E-state index in [-0.39, 0.29) is 5.41 Å². The molecule has 0 saturated carbocycles. The molecule has 0 amide bonds. The van der Waals surface area contributed by atoms with Crippen LogP contribution in [0.1, 0.15) is 54.5 Å². The average molecular weight is 652 g/mol. The zero-order chi connectivity index (χ0) is 33.6. The van der Waals surface area contributed by atoms with Crippen LogP contribution in [0.5, 0.6) is 0 Å². The lowest BCUT2D eigenvalue weighted by Crippen LogP contribution is -2.26. The van der Waals surface area contributed by atoms with E-state index in [0.717, 1.165) is 39.0 Å². The third kappa shape index (κ3) is 3.97. The van der Waals surface area contributed by atoms with Gasteiger partial charge in [-0.3, -0.25) is 0 Å². The summed E-state index contributed by atoms with van der Waals surface area (Å²) in [6, 6.07) is 28.4. The Bertz CT molecular complexity index is 2770. The van der Waals surface area contributed by atoms with E-state index in [2.05, 4.69) is 105 Å². The highest BCUT2D eigenvalue weighted by Gasteiger charge is 2.36. The first-order valence-electron chi connectivity index (χ1n) is 16.5. The number of benzene rings is 4. The Kier molecular flexibility index (Phi) is 6.36. The molecule has 0 atom stereocenters. The molecule has 4 nitrogen and oxygen atoms in total. The second-order valence-corrected chi connectivity index (χ2v) is 14.1. The molecule has 236 valence electrons. The van der Waals surface area contributed by atoms with E-state index in [0.29, 0.717) is 17.2 Å². The van der Waals surface area contributed by atoms with Gasteiger partial charge in [-0.15, -0.1) is 11.3 Å². The highest BCUT2D eigenvalue weighted by molar-refractivity contribution is 7.25. The van der Waals surface area contributed by atoms with Gasteiger partial charge in [-0.1, -0.05) is 106 Å². The molecule has 5 heterocycles. The summed E-state index contributed by atoms with van der Waals surface area (Å²) in [7, 11) is 0. The summed E-state index contributed by atoms with van der Waals surface area (Å²) in [5.74, 6) is 1.25. The molecule has 0 spiro atoms. The van der Waals surface area contributed by atoms with Gasteiger partial charge >= 0.3 is 0 Å². The molecule has 0 N–H and O–H groups in total. The lowest BCUT2D eigenvalue weighted by molar-refractivity contribution is 0.604. The van der Waals surface area contributed by atoms with E-state index in [4.69, 9.17) is 14.4 Å². The fourth-order valence-electron chi connectivity index (χ4n) is 7.81. The molecule has 0 fully saturated rings. The number of para-hydroxylation sites is 2. The molecule has 9 rings (SSSR count). The first-order valence-corrected chi connectivity index (χ1v) is 17.3. The van der Waals surface area contributed by atoms with Crippen molar-refractivity contribution in [3.63, 3.8) is 0 Å². The maximum absolute atomic E-state index is 6.32. The second kappa shape index (κ2) is 10.6. The number of thiophene rings is 1. The molecule has 4 aromatic heterocycles. The maximum Gasteiger partial charge on any atom is 0.164 e.